The molecule has 4 rings (SSSR count). The van der Waals surface area contributed by atoms with Crippen LogP contribution >= 0.6 is 0 Å². The molecule has 2 heterocycles. The molecule has 0 spiro atoms. The summed E-state index contributed by atoms with van der Waals surface area (Å²) in [5.74, 6) is -0.465. The first-order chi connectivity index (χ1) is 13.5. The van der Waals surface area contributed by atoms with E-state index in [9.17, 15) is 13.2 Å². The number of nitrogens with zero attached hydrogens (tertiary/aromatic N) is 3. The Morgan fingerprint density at radius 2 is 1.61 bits per heavy atom. The minimum absolute atomic E-state index is 0.120. The number of benzene rings is 2. The van der Waals surface area contributed by atoms with Gasteiger partial charge in [-0.25, -0.2) is 13.4 Å². The summed E-state index contributed by atoms with van der Waals surface area (Å²) >= 11 is 0. The van der Waals surface area contributed by atoms with E-state index >= 15 is 0 Å². The number of aromatic nitrogens is 4. The zero-order chi connectivity index (χ0) is 19.6. The largest absolute Gasteiger partial charge is 0.320 e. The zero-order valence-corrected chi connectivity index (χ0v) is 15.1. The first-order valence-corrected chi connectivity index (χ1v) is 9.67. The normalized spacial score (nSPS) is 11.3. The van der Waals surface area contributed by atoms with Crippen molar-refractivity contribution in [1.29, 1.82) is 0 Å². The van der Waals surface area contributed by atoms with E-state index in [1.807, 2.05) is 0 Å². The maximum Gasteiger partial charge on any atom is 0.261 e. The van der Waals surface area contributed by atoms with E-state index in [1.54, 1.807) is 42.5 Å². The lowest BCUT2D eigenvalue weighted by molar-refractivity contribution is 0.102. The molecule has 0 bridgehead atoms. The van der Waals surface area contributed by atoms with Crippen molar-refractivity contribution in [2.24, 2.45) is 0 Å². The lowest BCUT2D eigenvalue weighted by Crippen LogP contribution is -2.17. The number of para-hydroxylation sites is 2. The molecule has 1 amide bonds. The maximum absolute atomic E-state index is 12.7. The second-order valence-electron chi connectivity index (χ2n) is 5.77. The Morgan fingerprint density at radius 3 is 2.39 bits per heavy atom. The van der Waals surface area contributed by atoms with Crippen LogP contribution in [0.1, 0.15) is 10.4 Å². The fourth-order valence-electron chi connectivity index (χ4n) is 2.61. The van der Waals surface area contributed by atoms with Gasteiger partial charge in [-0.1, -0.05) is 30.3 Å². The van der Waals surface area contributed by atoms with Crippen LogP contribution in [-0.2, 0) is 10.0 Å². The summed E-state index contributed by atoms with van der Waals surface area (Å²) in [4.78, 5) is 16.9. The third-order valence-electron chi connectivity index (χ3n) is 3.94. The van der Waals surface area contributed by atoms with E-state index in [0.29, 0.717) is 16.9 Å². The second-order valence-corrected chi connectivity index (χ2v) is 7.45. The SMILES string of the molecule is O=C(Nc1ccccc1NS(=O)(=O)c1ccccc1)c1ccnc2n[nH]nc12. The Labute approximate surface area is 159 Å². The van der Waals surface area contributed by atoms with Crippen molar-refractivity contribution >= 4 is 38.5 Å². The van der Waals surface area contributed by atoms with Gasteiger partial charge in [0.05, 0.1) is 21.8 Å². The fraction of sp³-hybridized carbons (Fsp3) is 0. The van der Waals surface area contributed by atoms with Gasteiger partial charge in [0.15, 0.2) is 0 Å². The van der Waals surface area contributed by atoms with Gasteiger partial charge in [0.2, 0.25) is 5.65 Å². The molecular formula is C18H14N6O3S. The average molecular weight is 394 g/mol. The summed E-state index contributed by atoms with van der Waals surface area (Å²) in [7, 11) is -3.80. The van der Waals surface area contributed by atoms with Gasteiger partial charge in [-0.05, 0) is 30.3 Å². The standard InChI is InChI=1S/C18H14N6O3S/c25-18(13-10-11-19-17-16(13)21-24-22-17)20-14-8-4-5-9-15(14)23-28(26,27)12-6-2-1-3-7-12/h1-11,23H,(H,20,25)(H,19,21,22,24). The summed E-state index contributed by atoms with van der Waals surface area (Å²) in [5.41, 5.74) is 1.44. The third kappa shape index (κ3) is 3.40. The van der Waals surface area contributed by atoms with Gasteiger partial charge in [0, 0.05) is 6.20 Å². The van der Waals surface area contributed by atoms with Gasteiger partial charge in [0.25, 0.3) is 15.9 Å². The molecule has 0 aliphatic rings. The molecule has 0 saturated carbocycles. The minimum atomic E-state index is -3.80. The molecule has 3 N–H and O–H groups in total. The Bertz CT molecular complexity index is 1250. The van der Waals surface area contributed by atoms with Crippen molar-refractivity contribution in [2.45, 2.75) is 4.90 Å². The molecule has 2 aromatic heterocycles. The van der Waals surface area contributed by atoms with Crippen molar-refractivity contribution in [1.82, 2.24) is 20.4 Å². The molecule has 2 aromatic carbocycles. The van der Waals surface area contributed by atoms with Crippen molar-refractivity contribution < 1.29 is 13.2 Å². The molecule has 10 heteroatoms. The monoisotopic (exact) mass is 394 g/mol. The molecule has 0 saturated heterocycles. The summed E-state index contributed by atoms with van der Waals surface area (Å²) in [6.45, 7) is 0. The van der Waals surface area contributed by atoms with Gasteiger partial charge >= 0.3 is 0 Å². The lowest BCUT2D eigenvalue weighted by Gasteiger charge is -2.13. The predicted octanol–water partition coefficient (Wildman–Crippen LogP) is 2.41. The highest BCUT2D eigenvalue weighted by Gasteiger charge is 2.18. The molecule has 0 radical (unpaired) electrons. The van der Waals surface area contributed by atoms with E-state index in [2.05, 4.69) is 30.4 Å². The highest BCUT2D eigenvalue weighted by molar-refractivity contribution is 7.92. The molecule has 9 nitrogen and oxygen atoms in total. The van der Waals surface area contributed by atoms with Gasteiger partial charge in [-0.15, -0.1) is 5.10 Å². The number of carbonyl (C=O) groups is 1. The van der Waals surface area contributed by atoms with Gasteiger partial charge in [-0.2, -0.15) is 10.3 Å². The van der Waals surface area contributed by atoms with E-state index in [1.165, 1.54) is 24.4 Å². The van der Waals surface area contributed by atoms with Gasteiger partial charge in [-0.3, -0.25) is 9.52 Å². The molecule has 0 aliphatic carbocycles. The average Bonchev–Trinajstić information content (AvgIpc) is 3.19. The van der Waals surface area contributed by atoms with Crippen LogP contribution in [0.2, 0.25) is 0 Å². The molecule has 0 unspecified atom stereocenters. The highest BCUT2D eigenvalue weighted by Crippen LogP contribution is 2.25. The fourth-order valence-corrected chi connectivity index (χ4v) is 3.72. The summed E-state index contributed by atoms with van der Waals surface area (Å²) in [6, 6.07) is 16.0. The number of nitrogens with one attached hydrogen (secondary N) is 3. The van der Waals surface area contributed by atoms with Crippen LogP contribution in [0, 0.1) is 0 Å². The quantitative estimate of drug-likeness (QED) is 0.477. The first kappa shape index (κ1) is 17.6. The van der Waals surface area contributed by atoms with Crippen LogP contribution < -0.4 is 10.0 Å². The number of anilines is 2. The molecule has 0 fully saturated rings. The number of fused-ring (bicyclic) bond motifs is 1. The molecular weight excluding hydrogens is 380 g/mol. The molecule has 140 valence electrons. The van der Waals surface area contributed by atoms with Crippen LogP contribution in [0.25, 0.3) is 11.2 Å². The third-order valence-corrected chi connectivity index (χ3v) is 5.32. The van der Waals surface area contributed by atoms with Crippen molar-refractivity contribution in [3.05, 3.63) is 72.4 Å². The first-order valence-electron chi connectivity index (χ1n) is 8.18. The summed E-state index contributed by atoms with van der Waals surface area (Å²) in [5, 5.41) is 12.9. The zero-order valence-electron chi connectivity index (χ0n) is 14.3. The second kappa shape index (κ2) is 7.08. The Morgan fingerprint density at radius 1 is 0.893 bits per heavy atom. The number of amides is 1. The lowest BCUT2D eigenvalue weighted by atomic mass is 10.2. The van der Waals surface area contributed by atoms with Crippen LogP contribution in [0.5, 0.6) is 0 Å². The molecule has 28 heavy (non-hydrogen) atoms. The Kier molecular flexibility index (Phi) is 4.45. The maximum atomic E-state index is 12.7. The summed E-state index contributed by atoms with van der Waals surface area (Å²) < 4.78 is 27.7. The van der Waals surface area contributed by atoms with Crippen LogP contribution in [-0.4, -0.2) is 34.7 Å². The number of hydrogen-bond donors (Lipinski definition) is 3. The number of pyridine rings is 1. The Balaban J connectivity index is 1.63. The molecule has 0 atom stereocenters. The van der Waals surface area contributed by atoms with E-state index in [0.717, 1.165) is 0 Å². The highest BCUT2D eigenvalue weighted by atomic mass is 32.2. The molecule has 0 aliphatic heterocycles. The van der Waals surface area contributed by atoms with E-state index in [-0.39, 0.29) is 16.1 Å². The number of rotatable bonds is 5. The van der Waals surface area contributed by atoms with Gasteiger partial charge in [0.1, 0.15) is 5.52 Å². The number of H-pyrrole nitrogens is 1. The molecule has 4 aromatic rings. The van der Waals surface area contributed by atoms with E-state index in [4.69, 9.17) is 0 Å². The van der Waals surface area contributed by atoms with Crippen LogP contribution in [0.4, 0.5) is 11.4 Å². The topological polar surface area (TPSA) is 130 Å². The van der Waals surface area contributed by atoms with Crippen molar-refractivity contribution in [3.63, 3.8) is 0 Å². The number of aromatic amines is 1. The number of hydrogen-bond acceptors (Lipinski definition) is 6. The summed E-state index contributed by atoms with van der Waals surface area (Å²) in [6.07, 6.45) is 1.45. The number of carbonyl (C=O) groups excluding carboxylic acids is 1. The smallest absolute Gasteiger partial charge is 0.261 e. The van der Waals surface area contributed by atoms with Crippen molar-refractivity contribution in [3.8, 4) is 0 Å². The Hall–Kier alpha value is -3.79. The van der Waals surface area contributed by atoms with Crippen molar-refractivity contribution in [2.75, 3.05) is 10.0 Å². The van der Waals surface area contributed by atoms with E-state index < -0.39 is 15.9 Å². The minimum Gasteiger partial charge on any atom is -0.320 e. The predicted molar refractivity (Wildman–Crippen MR) is 103 cm³/mol. The number of sulfonamides is 1. The van der Waals surface area contributed by atoms with Gasteiger partial charge < -0.3 is 5.32 Å². The van der Waals surface area contributed by atoms with Crippen LogP contribution in [0.3, 0.4) is 0 Å². The van der Waals surface area contributed by atoms with Crippen LogP contribution in [0.15, 0.2) is 71.8 Å².